The van der Waals surface area contributed by atoms with E-state index in [-0.39, 0.29) is 24.5 Å². The summed E-state index contributed by atoms with van der Waals surface area (Å²) >= 11 is 0. The second-order valence-corrected chi connectivity index (χ2v) is 4.15. The van der Waals surface area contributed by atoms with Crippen LogP contribution in [-0.2, 0) is 11.2 Å². The average molecular weight is 234 g/mol. The maximum absolute atomic E-state index is 11.8. The van der Waals surface area contributed by atoms with E-state index in [1.165, 1.54) is 0 Å². The average Bonchev–Trinajstić information content (AvgIpc) is 2.67. The zero-order valence-electron chi connectivity index (χ0n) is 9.49. The topological polar surface area (TPSA) is 78.4 Å². The molecule has 0 radical (unpaired) electrons. The third-order valence-corrected chi connectivity index (χ3v) is 2.65. The van der Waals surface area contributed by atoms with E-state index in [1.807, 2.05) is 0 Å². The molecule has 1 atom stereocenters. The number of fused-ring (bicyclic) bond motifs is 1. The molecule has 0 bridgehead atoms. The van der Waals surface area contributed by atoms with Crippen molar-refractivity contribution in [2.24, 2.45) is 0 Å². The fourth-order valence-electron chi connectivity index (χ4n) is 1.71. The van der Waals surface area contributed by atoms with E-state index in [2.05, 4.69) is 10.6 Å². The predicted octanol–water partition coefficient (Wildman–Crippen LogP) is 0.292. The molecular weight excluding hydrogens is 220 g/mol. The van der Waals surface area contributed by atoms with Crippen LogP contribution < -0.4 is 10.6 Å². The van der Waals surface area contributed by atoms with Gasteiger partial charge in [-0.3, -0.25) is 9.59 Å². The number of hydrogen-bond donors (Lipinski definition) is 3. The third kappa shape index (κ3) is 2.45. The predicted molar refractivity (Wildman–Crippen MR) is 62.8 cm³/mol. The van der Waals surface area contributed by atoms with Gasteiger partial charge in [-0.05, 0) is 24.6 Å². The monoisotopic (exact) mass is 234 g/mol. The van der Waals surface area contributed by atoms with Gasteiger partial charge >= 0.3 is 0 Å². The molecule has 2 rings (SSSR count). The second-order valence-electron chi connectivity index (χ2n) is 4.15. The molecule has 5 nitrogen and oxygen atoms in total. The van der Waals surface area contributed by atoms with Crippen molar-refractivity contribution in [3.63, 3.8) is 0 Å². The number of carbonyl (C=O) groups excluding carboxylic acids is 2. The van der Waals surface area contributed by atoms with Gasteiger partial charge in [0.15, 0.2) is 0 Å². The van der Waals surface area contributed by atoms with Crippen LogP contribution in [0.4, 0.5) is 5.69 Å². The smallest absolute Gasteiger partial charge is 0.251 e. The van der Waals surface area contributed by atoms with E-state index < -0.39 is 0 Å². The van der Waals surface area contributed by atoms with Crippen LogP contribution in [0.25, 0.3) is 0 Å². The van der Waals surface area contributed by atoms with Gasteiger partial charge in [0.2, 0.25) is 5.91 Å². The highest BCUT2D eigenvalue weighted by atomic mass is 16.3. The lowest BCUT2D eigenvalue weighted by molar-refractivity contribution is -0.115. The largest absolute Gasteiger partial charge is 0.394 e. The lowest BCUT2D eigenvalue weighted by Crippen LogP contribution is -2.34. The minimum Gasteiger partial charge on any atom is -0.394 e. The maximum Gasteiger partial charge on any atom is 0.251 e. The second kappa shape index (κ2) is 4.55. The molecule has 2 amide bonds. The lowest BCUT2D eigenvalue weighted by atomic mass is 10.1. The number of aliphatic hydroxyl groups excluding tert-OH is 1. The highest BCUT2D eigenvalue weighted by Crippen LogP contribution is 2.23. The number of aliphatic hydroxyl groups is 1. The van der Waals surface area contributed by atoms with E-state index in [0.717, 1.165) is 5.56 Å². The van der Waals surface area contributed by atoms with Crippen molar-refractivity contribution in [1.82, 2.24) is 5.32 Å². The Bertz CT molecular complexity index is 471. The number of benzene rings is 1. The van der Waals surface area contributed by atoms with Gasteiger partial charge < -0.3 is 15.7 Å². The van der Waals surface area contributed by atoms with E-state index >= 15 is 0 Å². The summed E-state index contributed by atoms with van der Waals surface area (Å²) in [7, 11) is 0. The fourth-order valence-corrected chi connectivity index (χ4v) is 1.71. The molecule has 1 aromatic rings. The molecule has 1 aliphatic heterocycles. The molecule has 5 heteroatoms. The SMILES string of the molecule is C[C@@H](CO)NC(=O)c1ccc2c(c1)NC(=O)C2. The van der Waals surface area contributed by atoms with Crippen LogP contribution in [0.15, 0.2) is 18.2 Å². The van der Waals surface area contributed by atoms with Crippen LogP contribution in [0.2, 0.25) is 0 Å². The van der Waals surface area contributed by atoms with Gasteiger partial charge in [-0.2, -0.15) is 0 Å². The number of carbonyl (C=O) groups is 2. The zero-order valence-corrected chi connectivity index (χ0v) is 9.49. The van der Waals surface area contributed by atoms with Gasteiger partial charge in [-0.15, -0.1) is 0 Å². The Morgan fingerprint density at radius 3 is 3.06 bits per heavy atom. The minimum atomic E-state index is -0.287. The van der Waals surface area contributed by atoms with Crippen molar-refractivity contribution >= 4 is 17.5 Å². The van der Waals surface area contributed by atoms with Gasteiger partial charge in [0, 0.05) is 17.3 Å². The van der Waals surface area contributed by atoms with Crippen LogP contribution >= 0.6 is 0 Å². The highest BCUT2D eigenvalue weighted by molar-refractivity contribution is 6.02. The first kappa shape index (κ1) is 11.6. The van der Waals surface area contributed by atoms with Crippen LogP contribution in [0.1, 0.15) is 22.8 Å². The first-order chi connectivity index (χ1) is 8.10. The standard InChI is InChI=1S/C12H14N2O3/c1-7(6-15)13-12(17)9-3-2-8-5-11(16)14-10(8)4-9/h2-4,7,15H,5-6H2,1H3,(H,13,17)(H,14,16)/t7-/m0/s1. The van der Waals surface area contributed by atoms with Gasteiger partial charge in [0.25, 0.3) is 5.91 Å². The molecule has 0 unspecified atom stereocenters. The van der Waals surface area contributed by atoms with E-state index in [0.29, 0.717) is 17.7 Å². The number of anilines is 1. The Kier molecular flexibility index (Phi) is 3.10. The van der Waals surface area contributed by atoms with Crippen LogP contribution in [0.5, 0.6) is 0 Å². The first-order valence-electron chi connectivity index (χ1n) is 5.44. The molecule has 1 heterocycles. The fraction of sp³-hybridized carbons (Fsp3) is 0.333. The molecule has 0 fully saturated rings. The van der Waals surface area contributed by atoms with Crippen molar-refractivity contribution in [2.45, 2.75) is 19.4 Å². The van der Waals surface area contributed by atoms with Crippen molar-refractivity contribution in [3.8, 4) is 0 Å². The van der Waals surface area contributed by atoms with Gasteiger partial charge in [0.1, 0.15) is 0 Å². The number of hydrogen-bond acceptors (Lipinski definition) is 3. The molecule has 0 spiro atoms. The van der Waals surface area contributed by atoms with E-state index in [4.69, 9.17) is 5.11 Å². The Morgan fingerprint density at radius 1 is 1.59 bits per heavy atom. The molecule has 0 aromatic heterocycles. The van der Waals surface area contributed by atoms with Crippen molar-refractivity contribution in [2.75, 3.05) is 11.9 Å². The van der Waals surface area contributed by atoms with Gasteiger partial charge in [-0.25, -0.2) is 0 Å². The summed E-state index contributed by atoms with van der Waals surface area (Å²) in [6.45, 7) is 1.61. The molecule has 90 valence electrons. The minimum absolute atomic E-state index is 0.0544. The summed E-state index contributed by atoms with van der Waals surface area (Å²) in [5, 5.41) is 14.2. The summed E-state index contributed by atoms with van der Waals surface area (Å²) in [4.78, 5) is 22.9. The summed E-state index contributed by atoms with van der Waals surface area (Å²) in [6.07, 6.45) is 0.365. The molecule has 1 aliphatic rings. The molecule has 1 aromatic carbocycles. The lowest BCUT2D eigenvalue weighted by Gasteiger charge is -2.11. The van der Waals surface area contributed by atoms with E-state index in [9.17, 15) is 9.59 Å². The summed E-state index contributed by atoms with van der Waals surface area (Å²) in [6, 6.07) is 4.81. The Balaban J connectivity index is 2.16. The quantitative estimate of drug-likeness (QED) is 0.703. The molecular formula is C12H14N2O3. The van der Waals surface area contributed by atoms with Crippen LogP contribution in [0.3, 0.4) is 0 Å². The Hall–Kier alpha value is -1.88. The summed E-state index contributed by atoms with van der Waals surface area (Å²) < 4.78 is 0. The number of amides is 2. The highest BCUT2D eigenvalue weighted by Gasteiger charge is 2.19. The maximum atomic E-state index is 11.8. The van der Waals surface area contributed by atoms with Crippen molar-refractivity contribution < 1.29 is 14.7 Å². The molecule has 0 aliphatic carbocycles. The molecule has 3 N–H and O–H groups in total. The Labute approximate surface area is 98.8 Å². The number of nitrogens with one attached hydrogen (secondary N) is 2. The third-order valence-electron chi connectivity index (χ3n) is 2.65. The normalized spacial score (nSPS) is 15.1. The summed E-state index contributed by atoms with van der Waals surface area (Å²) in [5.74, 6) is -0.309. The summed E-state index contributed by atoms with van der Waals surface area (Å²) in [5.41, 5.74) is 2.08. The zero-order chi connectivity index (χ0) is 12.4. The van der Waals surface area contributed by atoms with Crippen LogP contribution in [-0.4, -0.2) is 29.6 Å². The van der Waals surface area contributed by atoms with Crippen molar-refractivity contribution in [1.29, 1.82) is 0 Å². The molecule has 0 saturated carbocycles. The van der Waals surface area contributed by atoms with Crippen molar-refractivity contribution in [3.05, 3.63) is 29.3 Å². The van der Waals surface area contributed by atoms with Gasteiger partial charge in [0.05, 0.1) is 13.0 Å². The Morgan fingerprint density at radius 2 is 2.35 bits per heavy atom. The first-order valence-corrected chi connectivity index (χ1v) is 5.44. The molecule has 17 heavy (non-hydrogen) atoms. The molecule has 0 saturated heterocycles. The van der Waals surface area contributed by atoms with Crippen LogP contribution in [0, 0.1) is 0 Å². The van der Waals surface area contributed by atoms with E-state index in [1.54, 1.807) is 25.1 Å². The van der Waals surface area contributed by atoms with Gasteiger partial charge in [-0.1, -0.05) is 6.07 Å². The number of rotatable bonds is 3.